The number of carbonyl (C=O) groups excluding carboxylic acids is 1. The van der Waals surface area contributed by atoms with Gasteiger partial charge >= 0.3 is 0 Å². The lowest BCUT2D eigenvalue weighted by Crippen LogP contribution is -2.57. The van der Waals surface area contributed by atoms with Crippen molar-refractivity contribution >= 4 is 15.7 Å². The van der Waals surface area contributed by atoms with Crippen molar-refractivity contribution in [3.05, 3.63) is 47.8 Å². The zero-order valence-electron chi connectivity index (χ0n) is 15.3. The minimum absolute atomic E-state index is 0.0592. The summed E-state index contributed by atoms with van der Waals surface area (Å²) in [4.78, 5) is 16.8. The fraction of sp³-hybridized carbons (Fsp3) is 0.444. The van der Waals surface area contributed by atoms with Gasteiger partial charge in [-0.15, -0.1) is 0 Å². The summed E-state index contributed by atoms with van der Waals surface area (Å²) in [5, 5.41) is 5.75. The quantitative estimate of drug-likeness (QED) is 0.792. The molecule has 1 aromatic carbocycles. The van der Waals surface area contributed by atoms with Crippen LogP contribution in [-0.2, 0) is 21.2 Å². The molecule has 1 fully saturated rings. The molecule has 1 aromatic heterocycles. The fourth-order valence-corrected chi connectivity index (χ4v) is 4.78. The first-order valence-electron chi connectivity index (χ1n) is 8.72. The molecule has 2 aromatic rings. The van der Waals surface area contributed by atoms with E-state index >= 15 is 0 Å². The number of nitrogens with zero attached hydrogens (tertiary/aromatic N) is 2. The molecule has 0 radical (unpaired) electrons. The Morgan fingerprint density at radius 3 is 2.63 bits per heavy atom. The maximum absolute atomic E-state index is 14.5. The molecule has 9 heteroatoms. The third kappa shape index (κ3) is 3.74. The average molecular weight is 394 g/mol. The molecule has 2 heterocycles. The number of amides is 1. The molecule has 0 spiro atoms. The molecule has 0 aliphatic carbocycles. The molecule has 0 saturated carbocycles. The van der Waals surface area contributed by atoms with Crippen molar-refractivity contribution in [3.63, 3.8) is 0 Å². The van der Waals surface area contributed by atoms with Crippen LogP contribution in [-0.4, -0.2) is 48.0 Å². The Balaban J connectivity index is 1.75. The largest absolute Gasteiger partial charge is 0.351 e. The molecule has 0 atom stereocenters. The summed E-state index contributed by atoms with van der Waals surface area (Å²) >= 11 is 0. The van der Waals surface area contributed by atoms with E-state index in [1.165, 1.54) is 6.07 Å². The van der Waals surface area contributed by atoms with E-state index in [2.05, 4.69) is 15.6 Å². The van der Waals surface area contributed by atoms with E-state index in [0.29, 0.717) is 30.2 Å². The lowest BCUT2D eigenvalue weighted by Gasteiger charge is -2.34. The van der Waals surface area contributed by atoms with Crippen molar-refractivity contribution in [3.8, 4) is 5.69 Å². The molecule has 146 valence electrons. The van der Waals surface area contributed by atoms with Gasteiger partial charge in [0.05, 0.1) is 5.69 Å². The number of sulfone groups is 1. The molecule has 1 aliphatic heterocycles. The van der Waals surface area contributed by atoms with Crippen LogP contribution >= 0.6 is 0 Å². The van der Waals surface area contributed by atoms with E-state index in [4.69, 9.17) is 0 Å². The Labute approximate surface area is 157 Å². The third-order valence-electron chi connectivity index (χ3n) is 5.09. The van der Waals surface area contributed by atoms with Gasteiger partial charge in [-0.1, -0.05) is 6.07 Å². The number of hydrogen-bond donors (Lipinski definition) is 2. The van der Waals surface area contributed by atoms with Crippen molar-refractivity contribution in [2.24, 2.45) is 0 Å². The van der Waals surface area contributed by atoms with Gasteiger partial charge in [-0.2, -0.15) is 0 Å². The average Bonchev–Trinajstić information content (AvgIpc) is 3.05. The van der Waals surface area contributed by atoms with E-state index in [9.17, 15) is 17.6 Å². The predicted molar refractivity (Wildman–Crippen MR) is 99.8 cm³/mol. The van der Waals surface area contributed by atoms with Gasteiger partial charge in [0.2, 0.25) is 5.91 Å². The number of benzene rings is 1. The Hall–Kier alpha value is -2.26. The number of imidazole rings is 1. The highest BCUT2D eigenvalue weighted by Crippen LogP contribution is 2.28. The SMILES string of the molecule is Cc1nccn1-c1ccc(CNC(=O)C2(S(C)(=O)=O)CCNCC2)cc1F. The number of piperidine rings is 1. The van der Waals surface area contributed by atoms with Gasteiger partial charge in [-0.3, -0.25) is 4.79 Å². The van der Waals surface area contributed by atoms with Crippen LogP contribution in [0.1, 0.15) is 24.2 Å². The molecule has 0 bridgehead atoms. The first-order chi connectivity index (χ1) is 12.7. The molecule has 27 heavy (non-hydrogen) atoms. The van der Waals surface area contributed by atoms with Crippen LogP contribution in [0.2, 0.25) is 0 Å². The van der Waals surface area contributed by atoms with Crippen LogP contribution in [0.25, 0.3) is 5.69 Å². The second-order valence-corrected chi connectivity index (χ2v) is 9.16. The van der Waals surface area contributed by atoms with Crippen LogP contribution in [0.4, 0.5) is 4.39 Å². The molecule has 2 N–H and O–H groups in total. The summed E-state index contributed by atoms with van der Waals surface area (Å²) in [6, 6.07) is 4.65. The first-order valence-corrected chi connectivity index (χ1v) is 10.6. The van der Waals surface area contributed by atoms with Gasteiger partial charge in [-0.05, 0) is 50.6 Å². The first kappa shape index (κ1) is 19.5. The van der Waals surface area contributed by atoms with Crippen LogP contribution in [0, 0.1) is 12.7 Å². The van der Waals surface area contributed by atoms with E-state index in [0.717, 1.165) is 6.26 Å². The van der Waals surface area contributed by atoms with E-state index in [-0.39, 0.29) is 19.4 Å². The summed E-state index contributed by atoms with van der Waals surface area (Å²) in [6.45, 7) is 2.77. The summed E-state index contributed by atoms with van der Waals surface area (Å²) in [6.07, 6.45) is 4.81. The molecule has 0 unspecified atom stereocenters. The molecule has 1 aliphatic rings. The van der Waals surface area contributed by atoms with E-state index in [1.54, 1.807) is 36.0 Å². The van der Waals surface area contributed by atoms with Crippen LogP contribution in [0.15, 0.2) is 30.6 Å². The van der Waals surface area contributed by atoms with Crippen molar-refractivity contribution in [1.29, 1.82) is 0 Å². The molecule has 3 rings (SSSR count). The monoisotopic (exact) mass is 394 g/mol. The zero-order chi connectivity index (χ0) is 19.7. The zero-order valence-corrected chi connectivity index (χ0v) is 16.1. The number of carbonyl (C=O) groups is 1. The molecule has 7 nitrogen and oxygen atoms in total. The molecular weight excluding hydrogens is 371 g/mol. The second-order valence-electron chi connectivity index (χ2n) is 6.83. The fourth-order valence-electron chi connectivity index (χ4n) is 3.43. The minimum atomic E-state index is -3.58. The maximum Gasteiger partial charge on any atom is 0.241 e. The predicted octanol–water partition coefficient (Wildman–Crippen LogP) is 1.10. The molecular formula is C18H23FN4O3S. The third-order valence-corrected chi connectivity index (χ3v) is 7.10. The van der Waals surface area contributed by atoms with Crippen LogP contribution < -0.4 is 10.6 Å². The molecule has 1 saturated heterocycles. The number of hydrogen-bond acceptors (Lipinski definition) is 5. The summed E-state index contributed by atoms with van der Waals surface area (Å²) < 4.78 is 39.2. The van der Waals surface area contributed by atoms with Crippen molar-refractivity contribution in [1.82, 2.24) is 20.2 Å². The van der Waals surface area contributed by atoms with Gasteiger partial charge < -0.3 is 15.2 Å². The normalized spacial score (nSPS) is 16.9. The standard InChI is InChI=1S/C18H23FN4O3S/c1-13-21-9-10-23(13)16-4-3-14(11-15(16)19)12-22-17(24)18(27(2,25)26)5-7-20-8-6-18/h3-4,9-11,20H,5-8,12H2,1-2H3,(H,22,24). The van der Waals surface area contributed by atoms with Crippen LogP contribution in [0.3, 0.4) is 0 Å². The highest BCUT2D eigenvalue weighted by atomic mass is 32.2. The number of aryl methyl sites for hydroxylation is 1. The highest BCUT2D eigenvalue weighted by molar-refractivity contribution is 7.92. The van der Waals surface area contributed by atoms with Gasteiger partial charge in [0.1, 0.15) is 11.6 Å². The number of halogens is 1. The Morgan fingerprint density at radius 2 is 2.07 bits per heavy atom. The van der Waals surface area contributed by atoms with Crippen LogP contribution in [0.5, 0.6) is 0 Å². The number of nitrogens with one attached hydrogen (secondary N) is 2. The lowest BCUT2D eigenvalue weighted by atomic mass is 9.95. The Kier molecular flexibility index (Phi) is 5.34. The Bertz CT molecular complexity index is 949. The number of rotatable bonds is 5. The lowest BCUT2D eigenvalue weighted by molar-refractivity contribution is -0.124. The van der Waals surface area contributed by atoms with Gasteiger partial charge in [0, 0.05) is 25.2 Å². The van der Waals surface area contributed by atoms with Crippen molar-refractivity contribution in [2.45, 2.75) is 31.1 Å². The number of aromatic nitrogens is 2. The van der Waals surface area contributed by atoms with Gasteiger partial charge in [0.25, 0.3) is 0 Å². The summed E-state index contributed by atoms with van der Waals surface area (Å²) in [5.74, 6) is -0.306. The Morgan fingerprint density at radius 1 is 1.37 bits per heavy atom. The minimum Gasteiger partial charge on any atom is -0.351 e. The smallest absolute Gasteiger partial charge is 0.241 e. The van der Waals surface area contributed by atoms with E-state index < -0.39 is 26.3 Å². The van der Waals surface area contributed by atoms with Gasteiger partial charge in [-0.25, -0.2) is 17.8 Å². The van der Waals surface area contributed by atoms with E-state index in [1.807, 2.05) is 0 Å². The molecule has 1 amide bonds. The van der Waals surface area contributed by atoms with Crippen molar-refractivity contribution < 1.29 is 17.6 Å². The highest BCUT2D eigenvalue weighted by Gasteiger charge is 2.48. The summed E-state index contributed by atoms with van der Waals surface area (Å²) in [5.41, 5.74) is 0.922. The summed E-state index contributed by atoms with van der Waals surface area (Å²) in [7, 11) is -3.58. The maximum atomic E-state index is 14.5. The van der Waals surface area contributed by atoms with Gasteiger partial charge in [0.15, 0.2) is 14.6 Å². The second kappa shape index (κ2) is 7.40. The topological polar surface area (TPSA) is 93.1 Å². The van der Waals surface area contributed by atoms with Crippen molar-refractivity contribution in [2.75, 3.05) is 19.3 Å².